The molecule has 5 heteroatoms. The Hall–Kier alpha value is -3.11. The molecule has 4 nitrogen and oxygen atoms in total. The van der Waals surface area contributed by atoms with Crippen LogP contribution in [0.2, 0.25) is 5.02 Å². The van der Waals surface area contributed by atoms with Gasteiger partial charge in [-0.1, -0.05) is 41.9 Å². The number of hydrogen-bond donors (Lipinski definition) is 1. The lowest BCUT2D eigenvalue weighted by Gasteiger charge is -2.07. The number of rotatable bonds is 8. The number of methoxy groups -OCH3 is 1. The van der Waals surface area contributed by atoms with Crippen LogP contribution in [0.15, 0.2) is 72.8 Å². The molecule has 1 N–H and O–H groups in total. The second kappa shape index (κ2) is 9.89. The largest absolute Gasteiger partial charge is 0.497 e. The maximum Gasteiger partial charge on any atom is 0.255 e. The lowest BCUT2D eigenvalue weighted by Crippen LogP contribution is -2.11. The second-order valence-corrected chi connectivity index (χ2v) is 7.16. The molecule has 0 unspecified atom stereocenters. The fourth-order valence-electron chi connectivity index (χ4n) is 2.93. The highest BCUT2D eigenvalue weighted by Gasteiger charge is 2.08. The molecular formula is C24H22ClNO3. The van der Waals surface area contributed by atoms with Gasteiger partial charge in [0.05, 0.1) is 7.11 Å². The van der Waals surface area contributed by atoms with Gasteiger partial charge in [-0.15, -0.1) is 0 Å². The Kier molecular flexibility index (Phi) is 7.04. The summed E-state index contributed by atoms with van der Waals surface area (Å²) >= 11 is 5.92. The van der Waals surface area contributed by atoms with Crippen molar-refractivity contribution in [2.75, 3.05) is 12.4 Å². The third-order valence-corrected chi connectivity index (χ3v) is 4.79. The Labute approximate surface area is 175 Å². The summed E-state index contributed by atoms with van der Waals surface area (Å²) in [4.78, 5) is 24.5. The summed E-state index contributed by atoms with van der Waals surface area (Å²) in [5.41, 5.74) is 3.20. The minimum Gasteiger partial charge on any atom is -0.497 e. The number of ether oxygens (including phenoxy) is 1. The standard InChI is InChI=1S/C24H22ClNO3/c1-29-23-13-8-17(9-14-23)7-12-22(27)15-18-5-10-21(11-6-18)26-24(28)19-3-2-4-20(25)16-19/h2-6,8-11,13-14,16H,7,12,15H2,1H3,(H,26,28). The lowest BCUT2D eigenvalue weighted by atomic mass is 10.0. The van der Waals surface area contributed by atoms with Crippen molar-refractivity contribution in [1.29, 1.82) is 0 Å². The molecule has 3 aromatic carbocycles. The highest BCUT2D eigenvalue weighted by atomic mass is 35.5. The molecule has 0 heterocycles. The number of halogens is 1. The van der Waals surface area contributed by atoms with Crippen LogP contribution >= 0.6 is 11.6 Å². The van der Waals surface area contributed by atoms with E-state index in [1.165, 1.54) is 0 Å². The van der Waals surface area contributed by atoms with Gasteiger partial charge in [0.25, 0.3) is 5.91 Å². The van der Waals surface area contributed by atoms with E-state index in [1.807, 2.05) is 36.4 Å². The van der Waals surface area contributed by atoms with Crippen LogP contribution in [0.25, 0.3) is 0 Å². The number of nitrogens with one attached hydrogen (secondary N) is 1. The molecule has 0 saturated heterocycles. The summed E-state index contributed by atoms with van der Waals surface area (Å²) < 4.78 is 5.14. The zero-order valence-corrected chi connectivity index (χ0v) is 16.9. The first-order chi connectivity index (χ1) is 14.0. The van der Waals surface area contributed by atoms with Crippen LogP contribution in [0.3, 0.4) is 0 Å². The Balaban J connectivity index is 1.50. The number of carbonyl (C=O) groups excluding carboxylic acids is 2. The molecule has 0 aromatic heterocycles. The summed E-state index contributed by atoms with van der Waals surface area (Å²) in [5.74, 6) is 0.759. The monoisotopic (exact) mass is 407 g/mol. The van der Waals surface area contributed by atoms with E-state index in [1.54, 1.807) is 43.5 Å². The van der Waals surface area contributed by atoms with Crippen molar-refractivity contribution in [3.63, 3.8) is 0 Å². The molecule has 0 atom stereocenters. The van der Waals surface area contributed by atoms with Crippen LogP contribution in [0.4, 0.5) is 5.69 Å². The number of ketones is 1. The Morgan fingerprint density at radius 1 is 0.931 bits per heavy atom. The van der Waals surface area contributed by atoms with Gasteiger partial charge < -0.3 is 10.1 Å². The SMILES string of the molecule is COc1ccc(CCC(=O)Cc2ccc(NC(=O)c3cccc(Cl)c3)cc2)cc1. The molecule has 0 aliphatic carbocycles. The average molecular weight is 408 g/mol. The van der Waals surface area contributed by atoms with E-state index in [4.69, 9.17) is 16.3 Å². The van der Waals surface area contributed by atoms with Crippen LogP contribution < -0.4 is 10.1 Å². The molecular weight excluding hydrogens is 386 g/mol. The Bertz CT molecular complexity index is 982. The van der Waals surface area contributed by atoms with E-state index >= 15 is 0 Å². The van der Waals surface area contributed by atoms with Crippen LogP contribution in [0.1, 0.15) is 27.9 Å². The zero-order valence-electron chi connectivity index (χ0n) is 16.2. The van der Waals surface area contributed by atoms with Crippen molar-refractivity contribution in [2.24, 2.45) is 0 Å². The van der Waals surface area contributed by atoms with Crippen LogP contribution in [-0.2, 0) is 17.6 Å². The highest BCUT2D eigenvalue weighted by molar-refractivity contribution is 6.31. The van der Waals surface area contributed by atoms with Crippen molar-refractivity contribution >= 4 is 29.0 Å². The van der Waals surface area contributed by atoms with Crippen molar-refractivity contribution in [3.8, 4) is 5.75 Å². The molecule has 0 aliphatic rings. The molecule has 3 rings (SSSR count). The van der Waals surface area contributed by atoms with E-state index in [9.17, 15) is 9.59 Å². The summed E-state index contributed by atoms with van der Waals surface area (Å²) in [5, 5.41) is 3.34. The number of benzene rings is 3. The van der Waals surface area contributed by atoms with Gasteiger partial charge >= 0.3 is 0 Å². The quantitative estimate of drug-likeness (QED) is 0.548. The van der Waals surface area contributed by atoms with Gasteiger partial charge in [0.2, 0.25) is 0 Å². The minimum absolute atomic E-state index is 0.177. The summed E-state index contributed by atoms with van der Waals surface area (Å²) in [6.45, 7) is 0. The van der Waals surface area contributed by atoms with E-state index in [-0.39, 0.29) is 11.7 Å². The van der Waals surface area contributed by atoms with E-state index < -0.39 is 0 Å². The number of carbonyl (C=O) groups is 2. The van der Waals surface area contributed by atoms with Crippen molar-refractivity contribution < 1.29 is 14.3 Å². The summed E-state index contributed by atoms with van der Waals surface area (Å²) in [6, 6.07) is 21.8. The first-order valence-corrected chi connectivity index (χ1v) is 9.72. The fraction of sp³-hybridized carbons (Fsp3) is 0.167. The maximum atomic E-state index is 12.3. The topological polar surface area (TPSA) is 55.4 Å². The van der Waals surface area contributed by atoms with Crippen LogP contribution in [-0.4, -0.2) is 18.8 Å². The van der Waals surface area contributed by atoms with Gasteiger partial charge in [0.15, 0.2) is 0 Å². The third-order valence-electron chi connectivity index (χ3n) is 4.55. The van der Waals surface area contributed by atoms with Crippen molar-refractivity contribution in [3.05, 3.63) is 94.5 Å². The number of hydrogen-bond acceptors (Lipinski definition) is 3. The van der Waals surface area contributed by atoms with Gasteiger partial charge in [-0.25, -0.2) is 0 Å². The summed E-state index contributed by atoms with van der Waals surface area (Å²) in [7, 11) is 1.63. The number of Topliss-reactive ketones (excluding diaryl/α,β-unsaturated/α-hetero) is 1. The normalized spacial score (nSPS) is 10.4. The van der Waals surface area contributed by atoms with Gasteiger partial charge in [-0.3, -0.25) is 9.59 Å². The Morgan fingerprint density at radius 3 is 2.28 bits per heavy atom. The molecule has 148 valence electrons. The van der Waals surface area contributed by atoms with Gasteiger partial charge in [0, 0.05) is 29.1 Å². The molecule has 0 bridgehead atoms. The van der Waals surface area contributed by atoms with Gasteiger partial charge in [-0.2, -0.15) is 0 Å². The third kappa shape index (κ3) is 6.19. The van der Waals surface area contributed by atoms with Crippen LogP contribution in [0.5, 0.6) is 5.75 Å². The molecule has 0 fully saturated rings. The molecule has 1 amide bonds. The Morgan fingerprint density at radius 2 is 1.62 bits per heavy atom. The fourth-order valence-corrected chi connectivity index (χ4v) is 3.12. The molecule has 0 radical (unpaired) electrons. The average Bonchev–Trinajstić information content (AvgIpc) is 2.74. The highest BCUT2D eigenvalue weighted by Crippen LogP contribution is 2.16. The first-order valence-electron chi connectivity index (χ1n) is 9.34. The number of amides is 1. The first kappa shape index (κ1) is 20.6. The molecule has 0 saturated carbocycles. The summed E-state index contributed by atoms with van der Waals surface area (Å²) in [6.07, 6.45) is 1.56. The predicted octanol–water partition coefficient (Wildman–Crippen LogP) is 5.35. The molecule has 0 spiro atoms. The van der Waals surface area contributed by atoms with Gasteiger partial charge in [0.1, 0.15) is 11.5 Å². The smallest absolute Gasteiger partial charge is 0.255 e. The molecule has 29 heavy (non-hydrogen) atoms. The number of anilines is 1. The van der Waals surface area contributed by atoms with Crippen LogP contribution in [0, 0.1) is 0 Å². The van der Waals surface area contributed by atoms with E-state index in [0.717, 1.165) is 16.9 Å². The molecule has 3 aromatic rings. The molecule has 0 aliphatic heterocycles. The number of aryl methyl sites for hydroxylation is 1. The maximum absolute atomic E-state index is 12.3. The van der Waals surface area contributed by atoms with Crippen molar-refractivity contribution in [1.82, 2.24) is 0 Å². The second-order valence-electron chi connectivity index (χ2n) is 6.72. The zero-order chi connectivity index (χ0) is 20.6. The van der Waals surface area contributed by atoms with Crippen molar-refractivity contribution in [2.45, 2.75) is 19.3 Å². The van der Waals surface area contributed by atoms with Gasteiger partial charge in [-0.05, 0) is 60.0 Å². The predicted molar refractivity (Wildman–Crippen MR) is 116 cm³/mol. The van der Waals surface area contributed by atoms with E-state index in [0.29, 0.717) is 35.5 Å². The lowest BCUT2D eigenvalue weighted by molar-refractivity contribution is -0.118. The van der Waals surface area contributed by atoms with E-state index in [2.05, 4.69) is 5.32 Å². The minimum atomic E-state index is -0.226.